The highest BCUT2D eigenvalue weighted by Crippen LogP contribution is 2.32. The number of thiazole rings is 1. The summed E-state index contributed by atoms with van der Waals surface area (Å²) in [7, 11) is 1.69. The minimum Gasteiger partial charge on any atom is -0.497 e. The summed E-state index contributed by atoms with van der Waals surface area (Å²) < 4.78 is 12.4. The van der Waals surface area contributed by atoms with Gasteiger partial charge >= 0.3 is 0 Å². The van der Waals surface area contributed by atoms with Gasteiger partial charge in [0, 0.05) is 25.8 Å². The first kappa shape index (κ1) is 16.1. The van der Waals surface area contributed by atoms with Crippen molar-refractivity contribution in [2.45, 2.75) is 6.04 Å². The Balaban J connectivity index is 1.54. The van der Waals surface area contributed by atoms with Crippen LogP contribution in [0.25, 0.3) is 10.2 Å². The molecule has 0 unspecified atom stereocenters. The highest BCUT2D eigenvalue weighted by Gasteiger charge is 2.25. The third-order valence-corrected chi connectivity index (χ3v) is 5.31. The van der Waals surface area contributed by atoms with Crippen LogP contribution in [0.15, 0.2) is 42.7 Å². The number of nitrogens with zero attached hydrogens (tertiary/aromatic N) is 3. The van der Waals surface area contributed by atoms with Gasteiger partial charge in [-0.15, -0.1) is 0 Å². The minimum atomic E-state index is 0.233. The van der Waals surface area contributed by atoms with E-state index in [1.165, 1.54) is 0 Å². The zero-order valence-corrected chi connectivity index (χ0v) is 14.8. The van der Waals surface area contributed by atoms with Gasteiger partial charge in [-0.3, -0.25) is 4.98 Å². The van der Waals surface area contributed by atoms with Gasteiger partial charge in [0.25, 0.3) is 0 Å². The van der Waals surface area contributed by atoms with Gasteiger partial charge in [0.1, 0.15) is 18.1 Å². The van der Waals surface area contributed by atoms with Crippen LogP contribution >= 0.6 is 11.3 Å². The number of benzene rings is 1. The molecule has 0 amide bonds. The van der Waals surface area contributed by atoms with Crippen LogP contribution in [0.1, 0.15) is 0 Å². The van der Waals surface area contributed by atoms with Crippen LogP contribution in [0, 0.1) is 0 Å². The summed E-state index contributed by atoms with van der Waals surface area (Å²) in [5.41, 5.74) is 1.01. The molecule has 1 aliphatic heterocycles. The average Bonchev–Trinajstić information content (AvgIpc) is 3.10. The molecule has 2 aromatic heterocycles. The summed E-state index contributed by atoms with van der Waals surface area (Å²) in [5.74, 6) is 1.65. The normalized spacial score (nSPS) is 17.6. The van der Waals surface area contributed by atoms with E-state index in [-0.39, 0.29) is 6.04 Å². The lowest BCUT2D eigenvalue weighted by atomic mass is 10.2. The first-order valence-corrected chi connectivity index (χ1v) is 9.10. The van der Waals surface area contributed by atoms with E-state index in [1.54, 1.807) is 30.8 Å². The molecule has 25 heavy (non-hydrogen) atoms. The number of nitrogens with one attached hydrogen (secondary N) is 1. The third-order valence-electron chi connectivity index (χ3n) is 4.26. The monoisotopic (exact) mass is 356 g/mol. The molecule has 0 radical (unpaired) electrons. The number of fused-ring (bicyclic) bond motifs is 1. The number of anilines is 1. The minimum absolute atomic E-state index is 0.233. The van der Waals surface area contributed by atoms with Crippen molar-refractivity contribution in [2.24, 2.45) is 0 Å². The van der Waals surface area contributed by atoms with Crippen LogP contribution in [0.4, 0.5) is 5.13 Å². The molecule has 6 nitrogen and oxygen atoms in total. The summed E-state index contributed by atoms with van der Waals surface area (Å²) in [6.07, 6.45) is 3.49. The summed E-state index contributed by atoms with van der Waals surface area (Å²) >= 11 is 1.70. The summed E-state index contributed by atoms with van der Waals surface area (Å²) in [6.45, 7) is 3.33. The van der Waals surface area contributed by atoms with Crippen molar-refractivity contribution >= 4 is 26.7 Å². The number of hydrogen-bond acceptors (Lipinski definition) is 7. The number of rotatable bonds is 5. The van der Waals surface area contributed by atoms with Gasteiger partial charge in [0.15, 0.2) is 5.13 Å². The number of aromatic nitrogens is 2. The average molecular weight is 356 g/mol. The molecule has 1 aliphatic rings. The maximum atomic E-state index is 5.92. The van der Waals surface area contributed by atoms with Crippen molar-refractivity contribution in [1.82, 2.24) is 15.3 Å². The van der Waals surface area contributed by atoms with Gasteiger partial charge in [-0.1, -0.05) is 11.3 Å². The quantitative estimate of drug-likeness (QED) is 0.758. The Bertz CT molecular complexity index is 839. The van der Waals surface area contributed by atoms with Crippen LogP contribution in [0.3, 0.4) is 0 Å². The molecule has 0 spiro atoms. The fourth-order valence-electron chi connectivity index (χ4n) is 2.93. The molecular weight excluding hydrogens is 336 g/mol. The molecule has 1 aromatic carbocycles. The van der Waals surface area contributed by atoms with Gasteiger partial charge in [-0.05, 0) is 30.3 Å². The van der Waals surface area contributed by atoms with Crippen molar-refractivity contribution in [3.05, 3.63) is 42.7 Å². The first-order valence-electron chi connectivity index (χ1n) is 8.28. The van der Waals surface area contributed by atoms with Gasteiger partial charge in [-0.2, -0.15) is 0 Å². The van der Waals surface area contributed by atoms with Gasteiger partial charge in [-0.25, -0.2) is 4.98 Å². The van der Waals surface area contributed by atoms with Gasteiger partial charge in [0.2, 0.25) is 0 Å². The Kier molecular flexibility index (Phi) is 4.67. The predicted molar refractivity (Wildman–Crippen MR) is 99.9 cm³/mol. The van der Waals surface area contributed by atoms with Crippen LogP contribution in [-0.2, 0) is 0 Å². The predicted octanol–water partition coefficient (Wildman–Crippen LogP) is 2.56. The summed E-state index contributed by atoms with van der Waals surface area (Å²) in [5, 5.41) is 4.47. The number of methoxy groups -OCH3 is 1. The molecule has 0 bridgehead atoms. The van der Waals surface area contributed by atoms with E-state index in [2.05, 4.69) is 15.2 Å². The van der Waals surface area contributed by atoms with Crippen molar-refractivity contribution in [3.8, 4) is 11.5 Å². The van der Waals surface area contributed by atoms with E-state index >= 15 is 0 Å². The Labute approximate surface area is 150 Å². The van der Waals surface area contributed by atoms with Crippen LogP contribution < -0.4 is 19.7 Å². The lowest BCUT2D eigenvalue weighted by molar-refractivity contribution is 0.266. The maximum Gasteiger partial charge on any atom is 0.186 e. The van der Waals surface area contributed by atoms with Crippen molar-refractivity contribution in [1.29, 1.82) is 0 Å². The molecular formula is C18H20N4O2S. The second kappa shape index (κ2) is 7.25. The van der Waals surface area contributed by atoms with Crippen molar-refractivity contribution in [3.63, 3.8) is 0 Å². The van der Waals surface area contributed by atoms with Crippen LogP contribution in [0.2, 0.25) is 0 Å². The SMILES string of the molecule is COc1ccc2nc(N3CCNC[C@@H]3COc3cccnc3)sc2c1. The molecule has 130 valence electrons. The van der Waals surface area contributed by atoms with Crippen LogP contribution in [0.5, 0.6) is 11.5 Å². The second-order valence-electron chi connectivity index (χ2n) is 5.88. The Hall–Kier alpha value is -2.38. The second-order valence-corrected chi connectivity index (χ2v) is 6.89. The van der Waals surface area contributed by atoms with Crippen molar-refractivity contribution < 1.29 is 9.47 Å². The highest BCUT2D eigenvalue weighted by atomic mass is 32.1. The molecule has 4 rings (SSSR count). The fourth-order valence-corrected chi connectivity index (χ4v) is 4.02. The number of hydrogen-bond donors (Lipinski definition) is 1. The standard InChI is InChI=1S/C18H20N4O2S/c1-23-14-4-5-16-17(9-14)25-18(21-16)22-8-7-20-10-13(22)12-24-15-3-2-6-19-11-15/h2-6,9,11,13,20H,7-8,10,12H2,1H3/t13-/m1/s1. The van der Waals surface area contributed by atoms with E-state index in [1.807, 2.05) is 30.3 Å². The molecule has 1 fully saturated rings. The van der Waals surface area contributed by atoms with E-state index in [0.717, 1.165) is 46.5 Å². The fraction of sp³-hybridized carbons (Fsp3) is 0.333. The third kappa shape index (κ3) is 3.52. The topological polar surface area (TPSA) is 59.5 Å². The molecule has 1 saturated heterocycles. The largest absolute Gasteiger partial charge is 0.497 e. The summed E-state index contributed by atoms with van der Waals surface area (Å²) in [6, 6.07) is 10.0. The van der Waals surface area contributed by atoms with Crippen molar-refractivity contribution in [2.75, 3.05) is 38.3 Å². The molecule has 1 atom stereocenters. The lowest BCUT2D eigenvalue weighted by Gasteiger charge is -2.35. The molecule has 3 heterocycles. The smallest absolute Gasteiger partial charge is 0.186 e. The zero-order chi connectivity index (χ0) is 17.1. The Morgan fingerprint density at radius 2 is 2.28 bits per heavy atom. The molecule has 3 aromatic rings. The highest BCUT2D eigenvalue weighted by molar-refractivity contribution is 7.22. The first-order chi connectivity index (χ1) is 12.3. The maximum absolute atomic E-state index is 5.92. The number of pyridine rings is 1. The van der Waals surface area contributed by atoms with E-state index in [9.17, 15) is 0 Å². The number of ether oxygens (including phenoxy) is 2. The Morgan fingerprint density at radius 1 is 1.32 bits per heavy atom. The van der Waals surface area contributed by atoms with Crippen LogP contribution in [-0.4, -0.2) is 49.4 Å². The van der Waals surface area contributed by atoms with Gasteiger partial charge < -0.3 is 19.7 Å². The molecule has 0 saturated carbocycles. The van der Waals surface area contributed by atoms with E-state index in [4.69, 9.17) is 14.5 Å². The van der Waals surface area contributed by atoms with Gasteiger partial charge in [0.05, 0.1) is 29.6 Å². The zero-order valence-electron chi connectivity index (χ0n) is 14.0. The molecule has 0 aliphatic carbocycles. The number of piperazine rings is 1. The van der Waals surface area contributed by atoms with E-state index < -0.39 is 0 Å². The van der Waals surface area contributed by atoms with E-state index in [0.29, 0.717) is 6.61 Å². The Morgan fingerprint density at radius 3 is 3.12 bits per heavy atom. The lowest BCUT2D eigenvalue weighted by Crippen LogP contribution is -2.54. The molecule has 7 heteroatoms. The molecule has 1 N–H and O–H groups in total. The summed E-state index contributed by atoms with van der Waals surface area (Å²) in [4.78, 5) is 11.2.